The van der Waals surface area contributed by atoms with Gasteiger partial charge in [0.25, 0.3) is 0 Å². The maximum Gasteiger partial charge on any atom is 0.245 e. The van der Waals surface area contributed by atoms with Crippen LogP contribution in [0, 0.1) is 17.6 Å². The van der Waals surface area contributed by atoms with Crippen molar-refractivity contribution in [2.75, 3.05) is 33.4 Å². The van der Waals surface area contributed by atoms with Crippen LogP contribution in [0.1, 0.15) is 18.4 Å². The van der Waals surface area contributed by atoms with Crippen molar-refractivity contribution < 1.29 is 23.4 Å². The maximum atomic E-state index is 14.0. The van der Waals surface area contributed by atoms with Gasteiger partial charge in [0.15, 0.2) is 11.6 Å². The van der Waals surface area contributed by atoms with Gasteiger partial charge in [-0.05, 0) is 31.4 Å². The molecule has 1 fully saturated rings. The van der Waals surface area contributed by atoms with Gasteiger partial charge in [0.2, 0.25) is 11.7 Å². The second-order valence-electron chi connectivity index (χ2n) is 5.76. The zero-order valence-electron chi connectivity index (χ0n) is 13.1. The average Bonchev–Trinajstić information content (AvgIpc) is 2.57. The van der Waals surface area contributed by atoms with Crippen LogP contribution in [-0.4, -0.2) is 49.3 Å². The lowest BCUT2D eigenvalue weighted by molar-refractivity contribution is -0.124. The van der Waals surface area contributed by atoms with Gasteiger partial charge in [-0.2, -0.15) is 4.39 Å². The highest BCUT2D eigenvalue weighted by molar-refractivity contribution is 5.76. The second-order valence-corrected chi connectivity index (χ2v) is 5.76. The number of nitrogens with one attached hydrogen (secondary N) is 1. The Bertz CT molecular complexity index is 554. The second kappa shape index (κ2) is 8.21. The number of amides is 1. The SMILES string of the molecule is COc1ccc(CN2CCCC(CNC(=O)CO)C2)c(F)c1F. The summed E-state index contributed by atoms with van der Waals surface area (Å²) in [5.74, 6) is -2.10. The van der Waals surface area contributed by atoms with Gasteiger partial charge in [0.05, 0.1) is 7.11 Å². The molecule has 0 saturated carbocycles. The van der Waals surface area contributed by atoms with Gasteiger partial charge in [0.1, 0.15) is 6.61 Å². The molecule has 0 bridgehead atoms. The summed E-state index contributed by atoms with van der Waals surface area (Å²) in [6.07, 6.45) is 1.89. The smallest absolute Gasteiger partial charge is 0.245 e. The summed E-state index contributed by atoms with van der Waals surface area (Å²) in [5, 5.41) is 11.4. The maximum absolute atomic E-state index is 14.0. The first kappa shape index (κ1) is 17.6. The highest BCUT2D eigenvalue weighted by atomic mass is 19.2. The normalized spacial score (nSPS) is 18.7. The molecule has 0 spiro atoms. The highest BCUT2D eigenvalue weighted by Gasteiger charge is 2.22. The molecular weight excluding hydrogens is 306 g/mol. The van der Waals surface area contributed by atoms with E-state index in [0.717, 1.165) is 19.4 Å². The number of hydrogen-bond donors (Lipinski definition) is 2. The topological polar surface area (TPSA) is 61.8 Å². The molecule has 7 heteroatoms. The molecule has 1 aliphatic heterocycles. The fourth-order valence-electron chi connectivity index (χ4n) is 2.87. The molecule has 128 valence electrons. The third-order valence-electron chi connectivity index (χ3n) is 4.08. The fourth-order valence-corrected chi connectivity index (χ4v) is 2.87. The number of aliphatic hydroxyl groups is 1. The summed E-state index contributed by atoms with van der Waals surface area (Å²) >= 11 is 0. The number of nitrogens with zero attached hydrogens (tertiary/aromatic N) is 1. The molecule has 2 rings (SSSR count). The molecule has 1 aromatic rings. The number of halogens is 2. The van der Waals surface area contributed by atoms with Crippen LogP contribution >= 0.6 is 0 Å². The Balaban J connectivity index is 1.95. The molecule has 1 heterocycles. The zero-order valence-corrected chi connectivity index (χ0v) is 13.1. The lowest BCUT2D eigenvalue weighted by Gasteiger charge is -2.33. The number of likely N-dealkylation sites (tertiary alicyclic amines) is 1. The molecule has 2 N–H and O–H groups in total. The van der Waals surface area contributed by atoms with E-state index in [9.17, 15) is 13.6 Å². The lowest BCUT2D eigenvalue weighted by atomic mass is 9.97. The number of aliphatic hydroxyl groups excluding tert-OH is 1. The van der Waals surface area contributed by atoms with Crippen molar-refractivity contribution in [3.05, 3.63) is 29.3 Å². The van der Waals surface area contributed by atoms with Gasteiger partial charge in [-0.1, -0.05) is 6.07 Å². The first-order valence-electron chi connectivity index (χ1n) is 7.66. The van der Waals surface area contributed by atoms with Crippen LogP contribution in [-0.2, 0) is 11.3 Å². The largest absolute Gasteiger partial charge is 0.494 e. The van der Waals surface area contributed by atoms with E-state index in [4.69, 9.17) is 9.84 Å². The van der Waals surface area contributed by atoms with E-state index < -0.39 is 24.1 Å². The van der Waals surface area contributed by atoms with Gasteiger partial charge >= 0.3 is 0 Å². The van der Waals surface area contributed by atoms with E-state index in [2.05, 4.69) is 5.32 Å². The number of methoxy groups -OCH3 is 1. The third kappa shape index (κ3) is 4.62. The number of carbonyl (C=O) groups excluding carboxylic acids is 1. The van der Waals surface area contributed by atoms with Crippen molar-refractivity contribution in [1.29, 1.82) is 0 Å². The van der Waals surface area contributed by atoms with Crippen LogP contribution in [0.2, 0.25) is 0 Å². The van der Waals surface area contributed by atoms with Gasteiger partial charge in [-0.15, -0.1) is 0 Å². The van der Waals surface area contributed by atoms with Crippen molar-refractivity contribution in [1.82, 2.24) is 10.2 Å². The van der Waals surface area contributed by atoms with Crippen LogP contribution in [0.5, 0.6) is 5.75 Å². The van der Waals surface area contributed by atoms with E-state index in [1.807, 2.05) is 4.90 Å². The molecular formula is C16H22F2N2O3. The molecule has 1 aromatic carbocycles. The average molecular weight is 328 g/mol. The predicted octanol–water partition coefficient (Wildman–Crippen LogP) is 1.29. The number of ether oxygens (including phenoxy) is 1. The minimum atomic E-state index is -0.964. The van der Waals surface area contributed by atoms with E-state index in [1.54, 1.807) is 0 Å². The Morgan fingerprint density at radius 3 is 2.91 bits per heavy atom. The van der Waals surface area contributed by atoms with E-state index in [1.165, 1.54) is 19.2 Å². The van der Waals surface area contributed by atoms with Gasteiger partial charge in [0, 0.05) is 25.2 Å². The summed E-state index contributed by atoms with van der Waals surface area (Å²) in [6.45, 7) is 1.77. The minimum absolute atomic E-state index is 0.102. The molecule has 1 unspecified atom stereocenters. The summed E-state index contributed by atoms with van der Waals surface area (Å²) in [4.78, 5) is 13.1. The van der Waals surface area contributed by atoms with Crippen LogP contribution in [0.15, 0.2) is 12.1 Å². The Morgan fingerprint density at radius 1 is 1.43 bits per heavy atom. The van der Waals surface area contributed by atoms with Crippen molar-refractivity contribution in [2.45, 2.75) is 19.4 Å². The molecule has 1 aliphatic rings. The summed E-state index contributed by atoms with van der Waals surface area (Å²) in [6, 6.07) is 2.96. The lowest BCUT2D eigenvalue weighted by Crippen LogP contribution is -2.41. The van der Waals surface area contributed by atoms with Crippen molar-refractivity contribution in [2.24, 2.45) is 5.92 Å². The van der Waals surface area contributed by atoms with Crippen LogP contribution in [0.4, 0.5) is 8.78 Å². The monoisotopic (exact) mass is 328 g/mol. The highest BCUT2D eigenvalue weighted by Crippen LogP contribution is 2.25. The first-order chi connectivity index (χ1) is 11.0. The fraction of sp³-hybridized carbons (Fsp3) is 0.562. The van der Waals surface area contributed by atoms with Crippen molar-refractivity contribution >= 4 is 5.91 Å². The van der Waals surface area contributed by atoms with Crippen LogP contribution in [0.3, 0.4) is 0 Å². The molecule has 23 heavy (non-hydrogen) atoms. The summed E-state index contributed by atoms with van der Waals surface area (Å²) in [5.41, 5.74) is 0.295. The number of rotatable bonds is 6. The Hall–Kier alpha value is -1.73. The molecule has 0 aliphatic carbocycles. The minimum Gasteiger partial charge on any atom is -0.494 e. The first-order valence-corrected chi connectivity index (χ1v) is 7.66. The molecule has 0 aromatic heterocycles. The summed E-state index contributed by atoms with van der Waals surface area (Å²) < 4.78 is 32.6. The number of benzene rings is 1. The Morgan fingerprint density at radius 2 is 2.22 bits per heavy atom. The quantitative estimate of drug-likeness (QED) is 0.826. The van der Waals surface area contributed by atoms with Gasteiger partial charge in [-0.3, -0.25) is 9.69 Å². The van der Waals surface area contributed by atoms with Gasteiger partial charge in [-0.25, -0.2) is 4.39 Å². The Labute approximate surface area is 134 Å². The predicted molar refractivity (Wildman–Crippen MR) is 81.0 cm³/mol. The van der Waals surface area contributed by atoms with Crippen LogP contribution in [0.25, 0.3) is 0 Å². The molecule has 1 atom stereocenters. The van der Waals surface area contributed by atoms with E-state index >= 15 is 0 Å². The van der Waals surface area contributed by atoms with Crippen molar-refractivity contribution in [3.8, 4) is 5.75 Å². The molecule has 1 saturated heterocycles. The van der Waals surface area contributed by atoms with Gasteiger partial charge < -0.3 is 15.2 Å². The zero-order chi connectivity index (χ0) is 16.8. The molecule has 0 radical (unpaired) electrons. The van der Waals surface area contributed by atoms with E-state index in [0.29, 0.717) is 25.2 Å². The molecule has 1 amide bonds. The standard InChI is InChI=1S/C16H22F2N2O3/c1-23-13-5-4-12(15(17)16(13)18)9-20-6-2-3-11(8-20)7-19-14(22)10-21/h4-5,11,21H,2-3,6-10H2,1H3,(H,19,22). The summed E-state index contributed by atoms with van der Waals surface area (Å²) in [7, 11) is 1.30. The number of carbonyl (C=O) groups is 1. The van der Waals surface area contributed by atoms with E-state index in [-0.39, 0.29) is 11.7 Å². The molecule has 5 nitrogen and oxygen atoms in total. The Kier molecular flexibility index (Phi) is 6.29. The van der Waals surface area contributed by atoms with Crippen molar-refractivity contribution in [3.63, 3.8) is 0 Å². The van der Waals surface area contributed by atoms with Crippen LogP contribution < -0.4 is 10.1 Å². The number of hydrogen-bond acceptors (Lipinski definition) is 4. The third-order valence-corrected chi connectivity index (χ3v) is 4.08. The number of piperidine rings is 1.